The molecular formula is C14H18N2O6. The number of alkyl carbamates (subject to hydrolysis) is 1. The molecule has 0 radical (unpaired) electrons. The van der Waals surface area contributed by atoms with Gasteiger partial charge in [0.2, 0.25) is 0 Å². The van der Waals surface area contributed by atoms with Crippen molar-refractivity contribution in [2.45, 2.75) is 39.3 Å². The Morgan fingerprint density at radius 2 is 1.77 bits per heavy atom. The van der Waals surface area contributed by atoms with Crippen LogP contribution in [0.1, 0.15) is 27.7 Å². The number of nitro groups is 1. The van der Waals surface area contributed by atoms with Gasteiger partial charge in [-0.15, -0.1) is 0 Å². The van der Waals surface area contributed by atoms with Gasteiger partial charge in [0.05, 0.1) is 4.92 Å². The second kappa shape index (κ2) is 6.88. The summed E-state index contributed by atoms with van der Waals surface area (Å²) < 4.78 is 10.0. The zero-order valence-corrected chi connectivity index (χ0v) is 12.8. The molecule has 1 aromatic rings. The molecule has 0 bridgehead atoms. The van der Waals surface area contributed by atoms with Crippen LogP contribution in [0, 0.1) is 10.1 Å². The standard InChI is InChI=1S/C14H18N2O6/c1-9(15-13(18)22-14(2,3)4)12(17)21-11-7-5-10(6-8-11)16(19)20/h5-9H,1-4H3,(H,15,18)/t9-/m1/s1. The predicted octanol–water partition coefficient (Wildman–Crippen LogP) is 2.41. The molecule has 0 saturated carbocycles. The molecule has 120 valence electrons. The van der Waals surface area contributed by atoms with Crippen molar-refractivity contribution in [2.75, 3.05) is 0 Å². The molecule has 0 aliphatic carbocycles. The van der Waals surface area contributed by atoms with Crippen molar-refractivity contribution in [2.24, 2.45) is 0 Å². The highest BCUT2D eigenvalue weighted by atomic mass is 16.6. The first-order chi connectivity index (χ1) is 10.1. The van der Waals surface area contributed by atoms with Crippen molar-refractivity contribution < 1.29 is 24.0 Å². The van der Waals surface area contributed by atoms with Gasteiger partial charge in [-0.05, 0) is 39.8 Å². The Bertz CT molecular complexity index is 562. The lowest BCUT2D eigenvalue weighted by Crippen LogP contribution is -2.43. The summed E-state index contributed by atoms with van der Waals surface area (Å²) >= 11 is 0. The summed E-state index contributed by atoms with van der Waals surface area (Å²) in [5.41, 5.74) is -0.786. The number of hydrogen-bond acceptors (Lipinski definition) is 6. The van der Waals surface area contributed by atoms with Gasteiger partial charge >= 0.3 is 12.1 Å². The minimum atomic E-state index is -0.926. The van der Waals surface area contributed by atoms with Gasteiger partial charge in [-0.25, -0.2) is 9.59 Å². The lowest BCUT2D eigenvalue weighted by atomic mass is 10.2. The van der Waals surface area contributed by atoms with Crippen molar-refractivity contribution in [1.29, 1.82) is 0 Å². The quantitative estimate of drug-likeness (QED) is 0.396. The number of benzene rings is 1. The molecule has 22 heavy (non-hydrogen) atoms. The number of hydrogen-bond donors (Lipinski definition) is 1. The van der Waals surface area contributed by atoms with Crippen molar-refractivity contribution in [1.82, 2.24) is 5.32 Å². The van der Waals surface area contributed by atoms with Crippen LogP contribution in [0.2, 0.25) is 0 Å². The molecule has 0 aromatic heterocycles. The summed E-state index contributed by atoms with van der Waals surface area (Å²) in [5, 5.41) is 12.9. The van der Waals surface area contributed by atoms with E-state index >= 15 is 0 Å². The van der Waals surface area contributed by atoms with Crippen LogP contribution in [0.3, 0.4) is 0 Å². The molecule has 0 aliphatic rings. The van der Waals surface area contributed by atoms with Gasteiger partial charge in [0.25, 0.3) is 5.69 Å². The highest BCUT2D eigenvalue weighted by Crippen LogP contribution is 2.17. The van der Waals surface area contributed by atoms with Crippen LogP contribution in [0.5, 0.6) is 5.75 Å². The van der Waals surface area contributed by atoms with Gasteiger partial charge in [-0.1, -0.05) is 0 Å². The van der Waals surface area contributed by atoms with Crippen LogP contribution >= 0.6 is 0 Å². The number of rotatable bonds is 4. The van der Waals surface area contributed by atoms with Gasteiger partial charge in [-0.3, -0.25) is 10.1 Å². The molecule has 1 N–H and O–H groups in total. The molecule has 0 saturated heterocycles. The van der Waals surface area contributed by atoms with Crippen molar-refractivity contribution in [3.63, 3.8) is 0 Å². The van der Waals surface area contributed by atoms with E-state index in [2.05, 4.69) is 5.32 Å². The van der Waals surface area contributed by atoms with Crippen LogP contribution in [0.15, 0.2) is 24.3 Å². The molecule has 8 heteroatoms. The zero-order valence-electron chi connectivity index (χ0n) is 12.8. The minimum absolute atomic E-state index is 0.111. The Morgan fingerprint density at radius 1 is 1.23 bits per heavy atom. The van der Waals surface area contributed by atoms with Crippen LogP contribution in [0.25, 0.3) is 0 Å². The van der Waals surface area contributed by atoms with E-state index < -0.39 is 28.6 Å². The molecule has 1 amide bonds. The summed E-state index contributed by atoms with van der Waals surface area (Å²) in [7, 11) is 0. The summed E-state index contributed by atoms with van der Waals surface area (Å²) in [5.74, 6) is -0.562. The zero-order chi connectivity index (χ0) is 16.9. The predicted molar refractivity (Wildman–Crippen MR) is 77.6 cm³/mol. The Hall–Kier alpha value is -2.64. The fourth-order valence-corrected chi connectivity index (χ4v) is 1.38. The number of nitrogens with zero attached hydrogens (tertiary/aromatic N) is 1. The highest BCUT2D eigenvalue weighted by Gasteiger charge is 2.22. The number of nitrogens with one attached hydrogen (secondary N) is 1. The third kappa shape index (κ3) is 5.78. The maximum absolute atomic E-state index is 11.8. The molecule has 1 atom stereocenters. The maximum Gasteiger partial charge on any atom is 0.408 e. The summed E-state index contributed by atoms with van der Waals surface area (Å²) in [6.07, 6.45) is -0.736. The number of nitro benzene ring substituents is 1. The van der Waals surface area contributed by atoms with E-state index in [4.69, 9.17) is 9.47 Å². The van der Waals surface area contributed by atoms with E-state index in [1.54, 1.807) is 20.8 Å². The number of ether oxygens (including phenoxy) is 2. The highest BCUT2D eigenvalue weighted by molar-refractivity contribution is 5.82. The van der Waals surface area contributed by atoms with E-state index in [-0.39, 0.29) is 11.4 Å². The normalized spacial score (nSPS) is 12.2. The first kappa shape index (κ1) is 17.4. The van der Waals surface area contributed by atoms with Gasteiger partial charge in [-0.2, -0.15) is 0 Å². The molecule has 1 aromatic carbocycles. The van der Waals surface area contributed by atoms with E-state index in [0.717, 1.165) is 0 Å². The van der Waals surface area contributed by atoms with E-state index in [0.29, 0.717) is 0 Å². The molecule has 8 nitrogen and oxygen atoms in total. The van der Waals surface area contributed by atoms with E-state index in [1.807, 2.05) is 0 Å². The van der Waals surface area contributed by atoms with Gasteiger partial charge in [0.1, 0.15) is 17.4 Å². The Kier molecular flexibility index (Phi) is 5.44. The first-order valence-electron chi connectivity index (χ1n) is 6.54. The third-order valence-electron chi connectivity index (χ3n) is 2.35. The maximum atomic E-state index is 11.8. The van der Waals surface area contributed by atoms with Gasteiger partial charge < -0.3 is 14.8 Å². The van der Waals surface area contributed by atoms with Crippen LogP contribution < -0.4 is 10.1 Å². The fourth-order valence-electron chi connectivity index (χ4n) is 1.38. The van der Waals surface area contributed by atoms with Crippen LogP contribution in [-0.2, 0) is 9.53 Å². The first-order valence-corrected chi connectivity index (χ1v) is 6.54. The number of carbonyl (C=O) groups is 2. The van der Waals surface area contributed by atoms with Gasteiger partial charge in [0, 0.05) is 12.1 Å². The number of amides is 1. The minimum Gasteiger partial charge on any atom is -0.444 e. The molecule has 0 heterocycles. The van der Waals surface area contributed by atoms with E-state index in [9.17, 15) is 19.7 Å². The SMILES string of the molecule is C[C@@H](NC(=O)OC(C)(C)C)C(=O)Oc1ccc([N+](=O)[O-])cc1. The average Bonchev–Trinajstić information content (AvgIpc) is 2.36. The Morgan fingerprint density at radius 3 is 2.23 bits per heavy atom. The Labute approximate surface area is 127 Å². The van der Waals surface area contributed by atoms with Crippen molar-refractivity contribution in [3.8, 4) is 5.75 Å². The lowest BCUT2D eigenvalue weighted by Gasteiger charge is -2.21. The monoisotopic (exact) mass is 310 g/mol. The Balaban J connectivity index is 2.57. The van der Waals surface area contributed by atoms with Gasteiger partial charge in [0.15, 0.2) is 0 Å². The smallest absolute Gasteiger partial charge is 0.408 e. The molecular weight excluding hydrogens is 292 g/mol. The van der Waals surface area contributed by atoms with E-state index in [1.165, 1.54) is 31.2 Å². The number of esters is 1. The van der Waals surface area contributed by atoms with Crippen LogP contribution in [0.4, 0.5) is 10.5 Å². The summed E-state index contributed by atoms with van der Waals surface area (Å²) in [6.45, 7) is 6.54. The second-order valence-corrected chi connectivity index (χ2v) is 5.54. The lowest BCUT2D eigenvalue weighted by molar-refractivity contribution is -0.384. The molecule has 0 unspecified atom stereocenters. The topological polar surface area (TPSA) is 108 Å². The molecule has 0 aliphatic heterocycles. The summed E-state index contributed by atoms with van der Waals surface area (Å²) in [6, 6.07) is 4.11. The van der Waals surface area contributed by atoms with Crippen molar-refractivity contribution in [3.05, 3.63) is 34.4 Å². The second-order valence-electron chi connectivity index (χ2n) is 5.54. The molecule has 0 fully saturated rings. The summed E-state index contributed by atoms with van der Waals surface area (Å²) in [4.78, 5) is 33.3. The van der Waals surface area contributed by atoms with Crippen LogP contribution in [-0.4, -0.2) is 28.6 Å². The fraction of sp³-hybridized carbons (Fsp3) is 0.429. The average molecular weight is 310 g/mol. The largest absolute Gasteiger partial charge is 0.444 e. The number of carbonyl (C=O) groups excluding carboxylic acids is 2. The molecule has 1 rings (SSSR count). The van der Waals surface area contributed by atoms with Crippen molar-refractivity contribution >= 4 is 17.7 Å². The third-order valence-corrected chi connectivity index (χ3v) is 2.35. The molecule has 0 spiro atoms. The number of non-ortho nitro benzene ring substituents is 1.